The number of furan rings is 1. The van der Waals surface area contributed by atoms with Crippen LogP contribution in [0.4, 0.5) is 13.2 Å². The number of likely N-dealkylation sites (tertiary alicyclic amines) is 1. The summed E-state index contributed by atoms with van der Waals surface area (Å²) in [5.74, 6) is 0.00312. The summed E-state index contributed by atoms with van der Waals surface area (Å²) in [6, 6.07) is 4.94. The van der Waals surface area contributed by atoms with Crippen molar-refractivity contribution in [3.05, 3.63) is 42.4 Å². The second-order valence-electron chi connectivity index (χ2n) is 7.40. The maximum Gasteiger partial charge on any atom is 0.416 e. The minimum Gasteiger partial charge on any atom is -0.491 e. The topological polar surface area (TPSA) is 86.3 Å². The standard InChI is InChI=1S/C20H24F3NO5/c21-20(22,23)16-7-15(14-1-6-28-11-14)8-18(9-16)29-12-17(26)10-24-4-2-19(27,13-25)3-5-24/h1,6-9,11,17,25-27H,2-5,10,12-13H2. The molecule has 1 aliphatic heterocycles. The van der Waals surface area contributed by atoms with E-state index in [1.807, 2.05) is 4.90 Å². The normalized spacial score (nSPS) is 18.6. The molecule has 1 fully saturated rings. The van der Waals surface area contributed by atoms with Crippen LogP contribution < -0.4 is 4.74 Å². The van der Waals surface area contributed by atoms with Crippen LogP contribution in [0.3, 0.4) is 0 Å². The molecule has 3 N–H and O–H groups in total. The molecule has 2 heterocycles. The van der Waals surface area contributed by atoms with Crippen molar-refractivity contribution < 1.29 is 37.6 Å². The van der Waals surface area contributed by atoms with E-state index in [4.69, 9.17) is 9.15 Å². The molecular formula is C20H24F3NO5. The van der Waals surface area contributed by atoms with Crippen LogP contribution in [0.1, 0.15) is 18.4 Å². The lowest BCUT2D eigenvalue weighted by Gasteiger charge is -2.37. The van der Waals surface area contributed by atoms with Gasteiger partial charge in [0.05, 0.1) is 30.3 Å². The SMILES string of the molecule is OCC1(O)CCN(CC(O)COc2cc(-c3ccoc3)cc(C(F)(F)F)c2)CC1. The first-order valence-corrected chi connectivity index (χ1v) is 9.30. The third kappa shape index (κ3) is 5.72. The van der Waals surface area contributed by atoms with Crippen molar-refractivity contribution in [2.24, 2.45) is 0 Å². The fourth-order valence-corrected chi connectivity index (χ4v) is 3.29. The number of hydrogen-bond donors (Lipinski definition) is 3. The average molecular weight is 415 g/mol. The van der Waals surface area contributed by atoms with Crippen molar-refractivity contribution in [3.8, 4) is 16.9 Å². The van der Waals surface area contributed by atoms with Crippen molar-refractivity contribution in [2.75, 3.05) is 32.8 Å². The van der Waals surface area contributed by atoms with Gasteiger partial charge in [-0.05, 0) is 42.7 Å². The third-order valence-electron chi connectivity index (χ3n) is 5.08. The zero-order valence-electron chi connectivity index (χ0n) is 15.7. The Hall–Kier alpha value is -2.07. The number of nitrogens with zero attached hydrogens (tertiary/aromatic N) is 1. The zero-order chi connectivity index (χ0) is 21.1. The van der Waals surface area contributed by atoms with E-state index in [1.165, 1.54) is 18.6 Å². The third-order valence-corrected chi connectivity index (χ3v) is 5.08. The van der Waals surface area contributed by atoms with Gasteiger partial charge in [0.1, 0.15) is 18.5 Å². The predicted molar refractivity (Wildman–Crippen MR) is 98.4 cm³/mol. The van der Waals surface area contributed by atoms with Gasteiger partial charge in [-0.2, -0.15) is 13.2 Å². The van der Waals surface area contributed by atoms with Crippen molar-refractivity contribution >= 4 is 0 Å². The van der Waals surface area contributed by atoms with Crippen LogP contribution in [0.25, 0.3) is 11.1 Å². The molecule has 1 aromatic heterocycles. The van der Waals surface area contributed by atoms with E-state index in [-0.39, 0.29) is 25.5 Å². The van der Waals surface area contributed by atoms with E-state index in [9.17, 15) is 28.5 Å². The molecule has 1 atom stereocenters. The highest BCUT2D eigenvalue weighted by molar-refractivity contribution is 5.65. The summed E-state index contributed by atoms with van der Waals surface area (Å²) in [4.78, 5) is 1.92. The molecule has 1 saturated heterocycles. The predicted octanol–water partition coefficient (Wildman–Crippen LogP) is 2.52. The van der Waals surface area contributed by atoms with E-state index >= 15 is 0 Å². The molecule has 3 rings (SSSR count). The molecule has 1 aliphatic rings. The van der Waals surface area contributed by atoms with Crippen molar-refractivity contribution in [1.29, 1.82) is 0 Å². The monoisotopic (exact) mass is 415 g/mol. The van der Waals surface area contributed by atoms with E-state index in [1.54, 1.807) is 6.07 Å². The summed E-state index contributed by atoms with van der Waals surface area (Å²) in [6.07, 6.45) is -1.96. The Labute approximate surface area is 166 Å². The summed E-state index contributed by atoms with van der Waals surface area (Å²) in [5, 5.41) is 29.4. The minimum absolute atomic E-state index is 0.00312. The van der Waals surface area contributed by atoms with E-state index in [0.29, 0.717) is 37.1 Å². The maximum atomic E-state index is 13.2. The van der Waals surface area contributed by atoms with E-state index in [0.717, 1.165) is 12.1 Å². The molecule has 0 aliphatic carbocycles. The van der Waals surface area contributed by atoms with Gasteiger partial charge in [-0.1, -0.05) is 0 Å². The summed E-state index contributed by atoms with van der Waals surface area (Å²) in [6.45, 7) is 0.785. The van der Waals surface area contributed by atoms with Crippen LogP contribution in [-0.2, 0) is 6.18 Å². The fraction of sp³-hybridized carbons (Fsp3) is 0.500. The van der Waals surface area contributed by atoms with Crippen LogP contribution in [0.5, 0.6) is 5.75 Å². The number of piperidine rings is 1. The number of aliphatic hydroxyl groups is 3. The molecule has 0 spiro atoms. The Bertz CT molecular complexity index is 786. The zero-order valence-corrected chi connectivity index (χ0v) is 15.7. The van der Waals surface area contributed by atoms with Gasteiger partial charge >= 0.3 is 6.18 Å². The van der Waals surface area contributed by atoms with Gasteiger partial charge in [0, 0.05) is 25.2 Å². The van der Waals surface area contributed by atoms with Gasteiger partial charge in [0.2, 0.25) is 0 Å². The van der Waals surface area contributed by atoms with Crippen LogP contribution in [-0.4, -0.2) is 64.8 Å². The Morgan fingerprint density at radius 1 is 1.17 bits per heavy atom. The minimum atomic E-state index is -4.53. The molecule has 29 heavy (non-hydrogen) atoms. The number of benzene rings is 1. The molecule has 0 bridgehead atoms. The number of halogens is 3. The number of β-amino-alcohol motifs (C(OH)–C–C–N with tert-alkyl or cyclic N) is 1. The summed E-state index contributed by atoms with van der Waals surface area (Å²) < 4.78 is 50.0. The highest BCUT2D eigenvalue weighted by Crippen LogP contribution is 2.35. The number of ether oxygens (including phenoxy) is 1. The maximum absolute atomic E-state index is 13.2. The Morgan fingerprint density at radius 3 is 2.48 bits per heavy atom. The first-order chi connectivity index (χ1) is 13.7. The molecule has 1 unspecified atom stereocenters. The van der Waals surface area contributed by atoms with Crippen molar-refractivity contribution in [2.45, 2.75) is 30.7 Å². The number of rotatable bonds is 7. The molecule has 6 nitrogen and oxygen atoms in total. The van der Waals surface area contributed by atoms with Gasteiger partial charge in [0.15, 0.2) is 0 Å². The summed E-state index contributed by atoms with van der Waals surface area (Å²) >= 11 is 0. The van der Waals surface area contributed by atoms with Crippen LogP contribution >= 0.6 is 0 Å². The second-order valence-corrected chi connectivity index (χ2v) is 7.40. The van der Waals surface area contributed by atoms with Gasteiger partial charge in [-0.15, -0.1) is 0 Å². The highest BCUT2D eigenvalue weighted by Gasteiger charge is 2.33. The average Bonchev–Trinajstić information content (AvgIpc) is 3.22. The van der Waals surface area contributed by atoms with Crippen molar-refractivity contribution in [1.82, 2.24) is 4.90 Å². The number of hydrogen-bond acceptors (Lipinski definition) is 6. The van der Waals surface area contributed by atoms with Gasteiger partial charge in [-0.25, -0.2) is 0 Å². The molecule has 0 amide bonds. The fourth-order valence-electron chi connectivity index (χ4n) is 3.29. The van der Waals surface area contributed by atoms with Crippen LogP contribution in [0.15, 0.2) is 41.2 Å². The van der Waals surface area contributed by atoms with Crippen LogP contribution in [0, 0.1) is 0 Å². The second kappa shape index (κ2) is 8.74. The van der Waals surface area contributed by atoms with Gasteiger partial charge < -0.3 is 29.4 Å². The lowest BCUT2D eigenvalue weighted by atomic mass is 9.92. The number of aliphatic hydroxyl groups excluding tert-OH is 2. The molecule has 0 saturated carbocycles. The van der Waals surface area contributed by atoms with Gasteiger partial charge in [-0.3, -0.25) is 0 Å². The van der Waals surface area contributed by atoms with Gasteiger partial charge in [0.25, 0.3) is 0 Å². The lowest BCUT2D eigenvalue weighted by Crippen LogP contribution is -2.48. The first-order valence-electron chi connectivity index (χ1n) is 9.30. The largest absolute Gasteiger partial charge is 0.491 e. The molecule has 2 aromatic rings. The summed E-state index contributed by atoms with van der Waals surface area (Å²) in [7, 11) is 0. The Balaban J connectivity index is 1.62. The van der Waals surface area contributed by atoms with Crippen LogP contribution in [0.2, 0.25) is 0 Å². The highest BCUT2D eigenvalue weighted by atomic mass is 19.4. The van der Waals surface area contributed by atoms with E-state index in [2.05, 4.69) is 0 Å². The first kappa shape index (κ1) is 21.6. The number of alkyl halides is 3. The lowest BCUT2D eigenvalue weighted by molar-refractivity contribution is -0.137. The van der Waals surface area contributed by atoms with E-state index < -0.39 is 23.4 Å². The molecule has 0 radical (unpaired) electrons. The smallest absolute Gasteiger partial charge is 0.416 e. The summed E-state index contributed by atoms with van der Waals surface area (Å²) in [5.41, 5.74) is -1.14. The molecule has 160 valence electrons. The Kier molecular flexibility index (Phi) is 6.52. The molecule has 9 heteroatoms. The van der Waals surface area contributed by atoms with Crippen molar-refractivity contribution in [3.63, 3.8) is 0 Å². The molecule has 1 aromatic carbocycles. The Morgan fingerprint density at radius 2 is 1.90 bits per heavy atom. The quantitative estimate of drug-likeness (QED) is 0.644. The molecular weight excluding hydrogens is 391 g/mol.